The Bertz CT molecular complexity index is 803. The molecule has 0 aliphatic carbocycles. The maximum absolute atomic E-state index is 11.9. The summed E-state index contributed by atoms with van der Waals surface area (Å²) in [5.41, 5.74) is 1.84. The first-order chi connectivity index (χ1) is 11.7. The van der Waals surface area contributed by atoms with E-state index < -0.39 is 0 Å². The van der Waals surface area contributed by atoms with E-state index in [0.717, 1.165) is 11.1 Å². The minimum atomic E-state index is -0.193. The minimum absolute atomic E-state index is 0.193. The van der Waals surface area contributed by atoms with Crippen molar-refractivity contribution in [2.75, 3.05) is 7.11 Å². The highest BCUT2D eigenvalue weighted by Crippen LogP contribution is 2.31. The highest BCUT2D eigenvalue weighted by molar-refractivity contribution is 8.26. The zero-order valence-electron chi connectivity index (χ0n) is 12.9. The van der Waals surface area contributed by atoms with E-state index in [1.165, 1.54) is 11.8 Å². The molecule has 24 heavy (non-hydrogen) atoms. The highest BCUT2D eigenvalue weighted by atomic mass is 32.2. The Hall–Kier alpha value is -2.31. The summed E-state index contributed by atoms with van der Waals surface area (Å²) in [5.74, 6) is 1.18. The molecule has 0 aromatic heterocycles. The van der Waals surface area contributed by atoms with E-state index >= 15 is 0 Å². The van der Waals surface area contributed by atoms with Crippen LogP contribution in [-0.2, 0) is 11.4 Å². The fraction of sp³-hybridized carbons (Fsp3) is 0.111. The van der Waals surface area contributed by atoms with Gasteiger partial charge in [0.25, 0.3) is 5.91 Å². The lowest BCUT2D eigenvalue weighted by molar-refractivity contribution is -0.115. The number of thiocarbonyl (C=S) groups is 1. The molecular formula is C18H15NO3S2. The number of amides is 1. The first-order valence-corrected chi connectivity index (χ1v) is 8.48. The normalized spacial score (nSPS) is 15.5. The van der Waals surface area contributed by atoms with Gasteiger partial charge in [0.1, 0.15) is 22.4 Å². The van der Waals surface area contributed by atoms with Gasteiger partial charge in [-0.3, -0.25) is 4.79 Å². The standard InChI is InChI=1S/C18H15NO3S2/c1-21-14-7-8-15(22-11-12-5-3-2-4-6-12)13(9-14)10-16-17(20)19-18(23)24-16/h2-10H,11H2,1H3,(H,19,20,23)/b16-10+. The van der Waals surface area contributed by atoms with Gasteiger partial charge in [-0.25, -0.2) is 0 Å². The molecule has 1 aliphatic heterocycles. The number of hydrogen-bond donors (Lipinski definition) is 1. The van der Waals surface area contributed by atoms with Gasteiger partial charge in [-0.1, -0.05) is 54.3 Å². The number of hydrogen-bond acceptors (Lipinski definition) is 5. The van der Waals surface area contributed by atoms with Gasteiger partial charge >= 0.3 is 0 Å². The van der Waals surface area contributed by atoms with Crippen molar-refractivity contribution in [2.45, 2.75) is 6.61 Å². The summed E-state index contributed by atoms with van der Waals surface area (Å²) in [6.45, 7) is 0.446. The summed E-state index contributed by atoms with van der Waals surface area (Å²) in [6.07, 6.45) is 1.77. The van der Waals surface area contributed by atoms with Crippen molar-refractivity contribution in [1.29, 1.82) is 0 Å². The lowest BCUT2D eigenvalue weighted by Gasteiger charge is -2.11. The van der Waals surface area contributed by atoms with Crippen LogP contribution in [0.2, 0.25) is 0 Å². The van der Waals surface area contributed by atoms with Crippen molar-refractivity contribution in [3.8, 4) is 11.5 Å². The second kappa shape index (κ2) is 7.51. The monoisotopic (exact) mass is 357 g/mol. The summed E-state index contributed by atoms with van der Waals surface area (Å²) in [4.78, 5) is 12.4. The van der Waals surface area contributed by atoms with Crippen molar-refractivity contribution in [1.82, 2.24) is 5.32 Å². The van der Waals surface area contributed by atoms with Gasteiger partial charge in [-0.2, -0.15) is 0 Å². The number of carbonyl (C=O) groups is 1. The van der Waals surface area contributed by atoms with Crippen molar-refractivity contribution in [3.05, 3.63) is 64.6 Å². The number of carbonyl (C=O) groups excluding carboxylic acids is 1. The molecule has 1 saturated heterocycles. The van der Waals surface area contributed by atoms with Crippen molar-refractivity contribution in [3.63, 3.8) is 0 Å². The third kappa shape index (κ3) is 3.96. The molecule has 6 heteroatoms. The van der Waals surface area contributed by atoms with Crippen molar-refractivity contribution < 1.29 is 14.3 Å². The van der Waals surface area contributed by atoms with Gasteiger partial charge in [-0.05, 0) is 29.8 Å². The fourth-order valence-electron chi connectivity index (χ4n) is 2.20. The van der Waals surface area contributed by atoms with Crippen LogP contribution in [0.15, 0.2) is 53.4 Å². The molecule has 1 amide bonds. The molecular weight excluding hydrogens is 342 g/mol. The maximum Gasteiger partial charge on any atom is 0.263 e. The predicted octanol–water partition coefficient (Wildman–Crippen LogP) is 3.76. The average molecular weight is 357 g/mol. The lowest BCUT2D eigenvalue weighted by atomic mass is 10.1. The number of methoxy groups -OCH3 is 1. The van der Waals surface area contributed by atoms with E-state index in [-0.39, 0.29) is 5.91 Å². The van der Waals surface area contributed by atoms with E-state index in [0.29, 0.717) is 27.3 Å². The van der Waals surface area contributed by atoms with Gasteiger partial charge < -0.3 is 14.8 Å². The molecule has 1 N–H and O–H groups in total. The van der Waals surface area contributed by atoms with Crippen LogP contribution in [0.25, 0.3) is 6.08 Å². The molecule has 0 spiro atoms. The van der Waals surface area contributed by atoms with Crippen LogP contribution in [0.3, 0.4) is 0 Å². The summed E-state index contributed by atoms with van der Waals surface area (Å²) in [7, 11) is 1.60. The molecule has 1 aliphatic rings. The molecule has 4 nitrogen and oxygen atoms in total. The number of rotatable bonds is 5. The Labute approximate surface area is 149 Å². The Morgan fingerprint density at radius 1 is 1.21 bits per heavy atom. The van der Waals surface area contributed by atoms with Gasteiger partial charge in [0, 0.05) is 5.56 Å². The Kier molecular flexibility index (Phi) is 5.17. The smallest absolute Gasteiger partial charge is 0.263 e. The van der Waals surface area contributed by atoms with Gasteiger partial charge in [0.05, 0.1) is 12.0 Å². The maximum atomic E-state index is 11.9. The van der Waals surface area contributed by atoms with E-state index in [2.05, 4.69) is 5.32 Å². The summed E-state index contributed by atoms with van der Waals surface area (Å²) in [6, 6.07) is 15.4. The van der Waals surface area contributed by atoms with Crippen LogP contribution in [0.1, 0.15) is 11.1 Å². The fourth-order valence-corrected chi connectivity index (χ4v) is 3.23. The summed E-state index contributed by atoms with van der Waals surface area (Å²) < 4.78 is 11.6. The van der Waals surface area contributed by atoms with Crippen LogP contribution < -0.4 is 14.8 Å². The van der Waals surface area contributed by atoms with E-state index in [9.17, 15) is 4.79 Å². The molecule has 1 heterocycles. The second-order valence-electron chi connectivity index (χ2n) is 5.03. The number of benzene rings is 2. The van der Waals surface area contributed by atoms with Crippen LogP contribution >= 0.6 is 24.0 Å². The second-order valence-corrected chi connectivity index (χ2v) is 6.75. The Morgan fingerprint density at radius 3 is 2.67 bits per heavy atom. The third-order valence-corrected chi connectivity index (χ3v) is 4.55. The van der Waals surface area contributed by atoms with E-state index in [1.54, 1.807) is 13.2 Å². The van der Waals surface area contributed by atoms with Crippen LogP contribution in [0, 0.1) is 0 Å². The van der Waals surface area contributed by atoms with Gasteiger partial charge in [0.15, 0.2) is 0 Å². The zero-order chi connectivity index (χ0) is 16.9. The van der Waals surface area contributed by atoms with Crippen molar-refractivity contribution >= 4 is 40.3 Å². The molecule has 3 rings (SSSR count). The number of ether oxygens (including phenoxy) is 2. The third-order valence-electron chi connectivity index (χ3n) is 3.38. The molecule has 0 bridgehead atoms. The molecule has 0 radical (unpaired) electrons. The van der Waals surface area contributed by atoms with Crippen molar-refractivity contribution in [2.24, 2.45) is 0 Å². The van der Waals surface area contributed by atoms with Crippen LogP contribution in [-0.4, -0.2) is 17.3 Å². The lowest BCUT2D eigenvalue weighted by Crippen LogP contribution is -2.17. The summed E-state index contributed by atoms with van der Waals surface area (Å²) >= 11 is 6.26. The molecule has 0 saturated carbocycles. The molecule has 0 atom stereocenters. The molecule has 2 aromatic rings. The Morgan fingerprint density at radius 2 is 2.00 bits per heavy atom. The van der Waals surface area contributed by atoms with Crippen LogP contribution in [0.4, 0.5) is 0 Å². The SMILES string of the molecule is COc1ccc(OCc2ccccc2)c(/C=C2/SC(=S)NC2=O)c1. The molecule has 2 aromatic carbocycles. The molecule has 122 valence electrons. The molecule has 1 fully saturated rings. The topological polar surface area (TPSA) is 47.6 Å². The van der Waals surface area contributed by atoms with Gasteiger partial charge in [0.2, 0.25) is 0 Å². The number of nitrogens with one attached hydrogen (secondary N) is 1. The van der Waals surface area contributed by atoms with E-state index in [1.807, 2.05) is 48.5 Å². The average Bonchev–Trinajstić information content (AvgIpc) is 2.92. The minimum Gasteiger partial charge on any atom is -0.497 e. The predicted molar refractivity (Wildman–Crippen MR) is 100 cm³/mol. The van der Waals surface area contributed by atoms with Gasteiger partial charge in [-0.15, -0.1) is 0 Å². The Balaban J connectivity index is 1.87. The highest BCUT2D eigenvalue weighted by Gasteiger charge is 2.22. The quantitative estimate of drug-likeness (QED) is 0.652. The largest absolute Gasteiger partial charge is 0.497 e. The number of thioether (sulfide) groups is 1. The van der Waals surface area contributed by atoms with Crippen LogP contribution in [0.5, 0.6) is 11.5 Å². The first-order valence-electron chi connectivity index (χ1n) is 7.25. The molecule has 0 unspecified atom stereocenters. The van der Waals surface area contributed by atoms with E-state index in [4.69, 9.17) is 21.7 Å². The summed E-state index contributed by atoms with van der Waals surface area (Å²) in [5, 5.41) is 2.61. The zero-order valence-corrected chi connectivity index (χ0v) is 14.6. The first kappa shape index (κ1) is 16.5.